The summed E-state index contributed by atoms with van der Waals surface area (Å²) in [5.74, 6) is -0.0182. The van der Waals surface area contributed by atoms with Crippen molar-refractivity contribution in [3.8, 4) is 0 Å². The number of halogens is 2. The van der Waals surface area contributed by atoms with Gasteiger partial charge in [-0.3, -0.25) is 4.79 Å². The largest absolute Gasteiger partial charge is 0.373 e. The second-order valence-electron chi connectivity index (χ2n) is 3.10. The van der Waals surface area contributed by atoms with E-state index < -0.39 is 0 Å². The third-order valence-electron chi connectivity index (χ3n) is 1.81. The summed E-state index contributed by atoms with van der Waals surface area (Å²) in [6.07, 6.45) is 0.917. The Kier molecular flexibility index (Phi) is 5.56. The fraction of sp³-hybridized carbons (Fsp3) is 0.364. The van der Waals surface area contributed by atoms with Gasteiger partial charge in [-0.1, -0.05) is 18.5 Å². The van der Waals surface area contributed by atoms with Crippen molar-refractivity contribution < 1.29 is 9.53 Å². The molecule has 1 aromatic carbocycles. The number of carbonyl (C=O) groups is 1. The van der Waals surface area contributed by atoms with E-state index in [0.29, 0.717) is 17.2 Å². The van der Waals surface area contributed by atoms with Crippen LogP contribution in [0.1, 0.15) is 23.7 Å². The molecular weight excluding hydrogens is 326 g/mol. The number of hydrogen-bond acceptors (Lipinski definition) is 2. The van der Waals surface area contributed by atoms with E-state index in [1.54, 1.807) is 12.1 Å². The summed E-state index contributed by atoms with van der Waals surface area (Å²) < 4.78 is 6.10. The van der Waals surface area contributed by atoms with E-state index in [9.17, 15) is 4.79 Å². The van der Waals surface area contributed by atoms with Gasteiger partial charge in [0.05, 0.1) is 0 Å². The lowest BCUT2D eigenvalue weighted by atomic mass is 10.1. The maximum atomic E-state index is 11.7. The monoisotopic (exact) mass is 338 g/mol. The number of carbonyl (C=O) groups excluding carboxylic acids is 1. The molecule has 0 amide bonds. The average Bonchev–Trinajstić information content (AvgIpc) is 2.22. The molecule has 1 aromatic rings. The number of hydrogen-bond donors (Lipinski definition) is 0. The Morgan fingerprint density at radius 1 is 1.53 bits per heavy atom. The Hall–Kier alpha value is -0.130. The first-order valence-corrected chi connectivity index (χ1v) is 6.16. The number of benzene rings is 1. The number of rotatable bonds is 5. The van der Waals surface area contributed by atoms with E-state index in [-0.39, 0.29) is 12.4 Å². The van der Waals surface area contributed by atoms with Crippen LogP contribution >= 0.6 is 34.2 Å². The van der Waals surface area contributed by atoms with Gasteiger partial charge in [-0.2, -0.15) is 0 Å². The first-order chi connectivity index (χ1) is 7.15. The molecule has 2 nitrogen and oxygen atoms in total. The van der Waals surface area contributed by atoms with Crippen molar-refractivity contribution in [1.29, 1.82) is 0 Å². The second kappa shape index (κ2) is 6.45. The normalized spacial score (nSPS) is 10.3. The van der Waals surface area contributed by atoms with Crippen LogP contribution < -0.4 is 0 Å². The fourth-order valence-corrected chi connectivity index (χ4v) is 1.91. The lowest BCUT2D eigenvalue weighted by molar-refractivity contribution is 0.0760. The van der Waals surface area contributed by atoms with Crippen LogP contribution in [0.25, 0.3) is 0 Å². The Bertz CT molecular complexity index is 352. The van der Waals surface area contributed by atoms with Crippen LogP contribution in [0, 0.1) is 3.57 Å². The van der Waals surface area contributed by atoms with E-state index >= 15 is 0 Å². The number of ether oxygens (including phenoxy) is 1. The van der Waals surface area contributed by atoms with Crippen molar-refractivity contribution in [2.45, 2.75) is 13.3 Å². The van der Waals surface area contributed by atoms with Crippen molar-refractivity contribution in [3.63, 3.8) is 0 Å². The van der Waals surface area contributed by atoms with Gasteiger partial charge < -0.3 is 4.74 Å². The van der Waals surface area contributed by atoms with Crippen LogP contribution in [0.5, 0.6) is 0 Å². The van der Waals surface area contributed by atoms with Crippen LogP contribution in [-0.4, -0.2) is 19.0 Å². The Balaban J connectivity index is 2.68. The Morgan fingerprint density at radius 3 is 2.93 bits per heavy atom. The van der Waals surface area contributed by atoms with Gasteiger partial charge in [-0.15, -0.1) is 0 Å². The zero-order valence-electron chi connectivity index (χ0n) is 8.43. The van der Waals surface area contributed by atoms with Crippen molar-refractivity contribution in [1.82, 2.24) is 0 Å². The number of Topliss-reactive ketones (excluding diaryl/α,β-unsaturated/α-hetero) is 1. The molecule has 0 unspecified atom stereocenters. The van der Waals surface area contributed by atoms with Gasteiger partial charge in [-0.25, -0.2) is 0 Å². The van der Waals surface area contributed by atoms with Crippen LogP contribution in [-0.2, 0) is 4.74 Å². The molecular formula is C11H12ClIO2. The lowest BCUT2D eigenvalue weighted by Crippen LogP contribution is -2.11. The summed E-state index contributed by atoms with van der Waals surface area (Å²) >= 11 is 7.94. The van der Waals surface area contributed by atoms with Crippen LogP contribution in [0.2, 0.25) is 5.02 Å². The molecule has 0 fully saturated rings. The van der Waals surface area contributed by atoms with Gasteiger partial charge >= 0.3 is 0 Å². The Labute approximate surface area is 108 Å². The van der Waals surface area contributed by atoms with Crippen LogP contribution in [0.4, 0.5) is 0 Å². The third-order valence-corrected chi connectivity index (χ3v) is 2.99. The summed E-state index contributed by atoms with van der Waals surface area (Å²) in [5, 5.41) is 0.578. The molecule has 0 saturated heterocycles. The van der Waals surface area contributed by atoms with Gasteiger partial charge in [0.2, 0.25) is 0 Å². The van der Waals surface area contributed by atoms with E-state index in [1.165, 1.54) is 0 Å². The highest BCUT2D eigenvalue weighted by atomic mass is 127. The topological polar surface area (TPSA) is 26.3 Å². The molecule has 0 aliphatic carbocycles. The van der Waals surface area contributed by atoms with Crippen molar-refractivity contribution in [3.05, 3.63) is 32.4 Å². The SMILES string of the molecule is CCCOCC(=O)c1cc(Cl)ccc1I. The molecule has 0 bridgehead atoms. The minimum Gasteiger partial charge on any atom is -0.373 e. The molecule has 4 heteroatoms. The smallest absolute Gasteiger partial charge is 0.189 e. The molecule has 0 spiro atoms. The highest BCUT2D eigenvalue weighted by molar-refractivity contribution is 14.1. The standard InChI is InChI=1S/C11H12ClIO2/c1-2-5-15-7-11(14)9-6-8(12)3-4-10(9)13/h3-4,6H,2,5,7H2,1H3. The summed E-state index contributed by atoms with van der Waals surface area (Å²) in [7, 11) is 0. The average molecular weight is 339 g/mol. The van der Waals surface area contributed by atoms with Gasteiger partial charge in [0.15, 0.2) is 5.78 Å². The maximum Gasteiger partial charge on any atom is 0.189 e. The first-order valence-electron chi connectivity index (χ1n) is 4.71. The number of ketones is 1. The van der Waals surface area contributed by atoms with E-state index in [0.717, 1.165) is 9.99 Å². The molecule has 0 N–H and O–H groups in total. The lowest BCUT2D eigenvalue weighted by Gasteiger charge is -2.04. The summed E-state index contributed by atoms with van der Waals surface area (Å²) in [6, 6.07) is 5.28. The van der Waals surface area contributed by atoms with Crippen molar-refractivity contribution >= 4 is 40.0 Å². The molecule has 0 aliphatic rings. The molecule has 0 saturated carbocycles. The molecule has 0 radical (unpaired) electrons. The van der Waals surface area contributed by atoms with Crippen molar-refractivity contribution in [2.75, 3.05) is 13.2 Å². The van der Waals surface area contributed by atoms with Gasteiger partial charge in [0.1, 0.15) is 6.61 Å². The zero-order valence-corrected chi connectivity index (χ0v) is 11.3. The van der Waals surface area contributed by atoms with E-state index in [1.807, 2.05) is 13.0 Å². The summed E-state index contributed by atoms with van der Waals surface area (Å²) in [6.45, 7) is 2.75. The molecule has 1 rings (SSSR count). The minimum absolute atomic E-state index is 0.0182. The van der Waals surface area contributed by atoms with Crippen LogP contribution in [0.3, 0.4) is 0 Å². The van der Waals surface area contributed by atoms with E-state index in [4.69, 9.17) is 16.3 Å². The molecule has 82 valence electrons. The molecule has 15 heavy (non-hydrogen) atoms. The Morgan fingerprint density at radius 2 is 2.27 bits per heavy atom. The second-order valence-corrected chi connectivity index (χ2v) is 4.70. The molecule has 0 aliphatic heterocycles. The predicted molar refractivity (Wildman–Crippen MR) is 69.6 cm³/mol. The fourth-order valence-electron chi connectivity index (χ4n) is 1.10. The van der Waals surface area contributed by atoms with Crippen molar-refractivity contribution in [2.24, 2.45) is 0 Å². The van der Waals surface area contributed by atoms with Gasteiger partial charge in [0.25, 0.3) is 0 Å². The summed E-state index contributed by atoms with van der Waals surface area (Å²) in [5.41, 5.74) is 0.638. The van der Waals surface area contributed by atoms with E-state index in [2.05, 4.69) is 22.6 Å². The van der Waals surface area contributed by atoms with Gasteiger partial charge in [-0.05, 0) is 47.2 Å². The highest BCUT2D eigenvalue weighted by Gasteiger charge is 2.10. The highest BCUT2D eigenvalue weighted by Crippen LogP contribution is 2.18. The van der Waals surface area contributed by atoms with Crippen LogP contribution in [0.15, 0.2) is 18.2 Å². The first kappa shape index (κ1) is 12.9. The maximum absolute atomic E-state index is 11.7. The summed E-state index contributed by atoms with van der Waals surface area (Å²) in [4.78, 5) is 11.7. The molecule has 0 atom stereocenters. The minimum atomic E-state index is -0.0182. The third kappa shape index (κ3) is 4.09. The molecule has 0 aromatic heterocycles. The molecule has 0 heterocycles. The predicted octanol–water partition coefficient (Wildman–Crippen LogP) is 3.55. The zero-order chi connectivity index (χ0) is 11.3. The van der Waals surface area contributed by atoms with Gasteiger partial charge in [0, 0.05) is 20.8 Å². The quantitative estimate of drug-likeness (QED) is 0.466.